The van der Waals surface area contributed by atoms with Gasteiger partial charge in [-0.25, -0.2) is 4.39 Å². The van der Waals surface area contributed by atoms with E-state index in [0.717, 1.165) is 22.4 Å². The zero-order valence-corrected chi connectivity index (χ0v) is 14.0. The number of benzene rings is 2. The summed E-state index contributed by atoms with van der Waals surface area (Å²) in [6, 6.07) is 10.3. The zero-order valence-electron chi connectivity index (χ0n) is 13.2. The van der Waals surface area contributed by atoms with Gasteiger partial charge in [0.1, 0.15) is 12.4 Å². The molecule has 0 atom stereocenters. The molecule has 2 aromatic rings. The summed E-state index contributed by atoms with van der Waals surface area (Å²) in [4.78, 5) is 13.9. The average Bonchev–Trinajstić information content (AvgIpc) is 2.73. The highest BCUT2D eigenvalue weighted by molar-refractivity contribution is 6.31. The SMILES string of the molecule is COCCN1C(=O)COCc2cc(-c3ccc(F)c(Cl)c3)ccc21. The maximum absolute atomic E-state index is 13.3. The summed E-state index contributed by atoms with van der Waals surface area (Å²) in [7, 11) is 1.60. The van der Waals surface area contributed by atoms with Crippen molar-refractivity contribution in [3.05, 3.63) is 52.8 Å². The molecule has 24 heavy (non-hydrogen) atoms. The van der Waals surface area contributed by atoms with Gasteiger partial charge in [0, 0.05) is 24.9 Å². The lowest BCUT2D eigenvalue weighted by molar-refractivity contribution is -0.123. The van der Waals surface area contributed by atoms with E-state index in [9.17, 15) is 9.18 Å². The third-order valence-corrected chi connectivity index (χ3v) is 4.22. The van der Waals surface area contributed by atoms with E-state index in [1.165, 1.54) is 6.07 Å². The molecule has 4 nitrogen and oxygen atoms in total. The third-order valence-electron chi connectivity index (χ3n) is 3.93. The molecule has 126 valence electrons. The van der Waals surface area contributed by atoms with Gasteiger partial charge in [-0.15, -0.1) is 0 Å². The first kappa shape index (κ1) is 16.9. The van der Waals surface area contributed by atoms with Gasteiger partial charge in [-0.05, 0) is 35.4 Å². The lowest BCUT2D eigenvalue weighted by Gasteiger charge is -2.22. The van der Waals surface area contributed by atoms with Gasteiger partial charge in [0.15, 0.2) is 0 Å². The highest BCUT2D eigenvalue weighted by Crippen LogP contribution is 2.31. The summed E-state index contributed by atoms with van der Waals surface area (Å²) >= 11 is 5.87. The van der Waals surface area contributed by atoms with E-state index >= 15 is 0 Å². The number of amides is 1. The fraction of sp³-hybridized carbons (Fsp3) is 0.278. The van der Waals surface area contributed by atoms with Crippen molar-refractivity contribution in [1.29, 1.82) is 0 Å². The maximum atomic E-state index is 13.3. The van der Waals surface area contributed by atoms with Crippen molar-refractivity contribution < 1.29 is 18.7 Å². The second-order valence-electron chi connectivity index (χ2n) is 5.50. The number of carbonyl (C=O) groups is 1. The van der Waals surface area contributed by atoms with Crippen LogP contribution >= 0.6 is 11.6 Å². The largest absolute Gasteiger partial charge is 0.383 e. The van der Waals surface area contributed by atoms with Gasteiger partial charge in [-0.1, -0.05) is 23.7 Å². The molecule has 1 amide bonds. The van der Waals surface area contributed by atoms with Crippen LogP contribution in [0.4, 0.5) is 10.1 Å². The maximum Gasteiger partial charge on any atom is 0.253 e. The quantitative estimate of drug-likeness (QED) is 0.845. The topological polar surface area (TPSA) is 38.8 Å². The number of carbonyl (C=O) groups excluding carboxylic acids is 1. The Hall–Kier alpha value is -1.95. The van der Waals surface area contributed by atoms with Crippen LogP contribution in [0.1, 0.15) is 5.56 Å². The number of ether oxygens (including phenoxy) is 2. The van der Waals surface area contributed by atoms with Crippen molar-refractivity contribution in [3.8, 4) is 11.1 Å². The average molecular weight is 350 g/mol. The first-order valence-corrected chi connectivity index (χ1v) is 7.93. The molecule has 0 radical (unpaired) electrons. The number of hydrogen-bond acceptors (Lipinski definition) is 3. The Morgan fingerprint density at radius 2 is 1.96 bits per heavy atom. The Bertz CT molecular complexity index is 766. The molecule has 0 aliphatic carbocycles. The second-order valence-corrected chi connectivity index (χ2v) is 5.91. The summed E-state index contributed by atoms with van der Waals surface area (Å²) in [5.41, 5.74) is 3.41. The summed E-state index contributed by atoms with van der Waals surface area (Å²) in [6.45, 7) is 1.29. The van der Waals surface area contributed by atoms with Crippen LogP contribution in [0.15, 0.2) is 36.4 Å². The molecule has 0 fully saturated rings. The van der Waals surface area contributed by atoms with Crippen LogP contribution in [-0.4, -0.2) is 32.8 Å². The fourth-order valence-electron chi connectivity index (χ4n) is 2.71. The van der Waals surface area contributed by atoms with E-state index in [4.69, 9.17) is 21.1 Å². The Balaban J connectivity index is 1.98. The van der Waals surface area contributed by atoms with Crippen molar-refractivity contribution in [1.82, 2.24) is 0 Å². The molecule has 1 heterocycles. The number of fused-ring (bicyclic) bond motifs is 1. The number of methoxy groups -OCH3 is 1. The van der Waals surface area contributed by atoms with Gasteiger partial charge in [0.05, 0.1) is 18.2 Å². The first-order chi connectivity index (χ1) is 11.6. The van der Waals surface area contributed by atoms with E-state index in [1.54, 1.807) is 24.1 Å². The minimum atomic E-state index is -0.449. The Morgan fingerprint density at radius 3 is 2.71 bits per heavy atom. The Morgan fingerprint density at radius 1 is 1.21 bits per heavy atom. The van der Waals surface area contributed by atoms with Crippen molar-refractivity contribution in [2.24, 2.45) is 0 Å². The molecule has 0 saturated heterocycles. The number of anilines is 1. The molecule has 1 aliphatic rings. The van der Waals surface area contributed by atoms with Gasteiger partial charge in [0.25, 0.3) is 5.91 Å². The molecule has 0 bridgehead atoms. The smallest absolute Gasteiger partial charge is 0.253 e. The fourth-order valence-corrected chi connectivity index (χ4v) is 2.89. The molecule has 6 heteroatoms. The molecule has 0 spiro atoms. The highest BCUT2D eigenvalue weighted by atomic mass is 35.5. The van der Waals surface area contributed by atoms with Gasteiger partial charge in [-0.2, -0.15) is 0 Å². The molecular formula is C18H17ClFNO3. The zero-order chi connectivity index (χ0) is 17.1. The molecule has 2 aromatic carbocycles. The van der Waals surface area contributed by atoms with Crippen molar-refractivity contribution >= 4 is 23.2 Å². The Kier molecular flexibility index (Phi) is 5.14. The van der Waals surface area contributed by atoms with Gasteiger partial charge in [0.2, 0.25) is 0 Å². The van der Waals surface area contributed by atoms with Crippen molar-refractivity contribution in [3.63, 3.8) is 0 Å². The van der Waals surface area contributed by atoms with Crippen LogP contribution in [0.2, 0.25) is 5.02 Å². The molecular weight excluding hydrogens is 333 g/mol. The minimum Gasteiger partial charge on any atom is -0.383 e. The van der Waals surface area contributed by atoms with E-state index in [2.05, 4.69) is 0 Å². The van der Waals surface area contributed by atoms with Crippen LogP contribution in [0.25, 0.3) is 11.1 Å². The van der Waals surface area contributed by atoms with E-state index < -0.39 is 5.82 Å². The van der Waals surface area contributed by atoms with Gasteiger partial charge < -0.3 is 14.4 Å². The number of halogens is 2. The predicted octanol–water partition coefficient (Wildman–Crippen LogP) is 3.66. The van der Waals surface area contributed by atoms with Crippen LogP contribution in [0, 0.1) is 5.82 Å². The first-order valence-electron chi connectivity index (χ1n) is 7.55. The highest BCUT2D eigenvalue weighted by Gasteiger charge is 2.22. The lowest BCUT2D eigenvalue weighted by Crippen LogP contribution is -2.35. The normalized spacial score (nSPS) is 14.5. The number of nitrogens with zero attached hydrogens (tertiary/aromatic N) is 1. The summed E-state index contributed by atoms with van der Waals surface area (Å²) < 4.78 is 23.9. The van der Waals surface area contributed by atoms with Crippen LogP contribution in [0.5, 0.6) is 0 Å². The molecule has 1 aliphatic heterocycles. The van der Waals surface area contributed by atoms with Gasteiger partial charge >= 0.3 is 0 Å². The molecule has 0 saturated carbocycles. The summed E-state index contributed by atoms with van der Waals surface area (Å²) in [5.74, 6) is -0.543. The number of rotatable bonds is 4. The van der Waals surface area contributed by atoms with Crippen LogP contribution < -0.4 is 4.90 Å². The monoisotopic (exact) mass is 349 g/mol. The molecule has 3 rings (SSSR count). The third kappa shape index (κ3) is 3.43. The predicted molar refractivity (Wildman–Crippen MR) is 90.7 cm³/mol. The van der Waals surface area contributed by atoms with E-state index in [0.29, 0.717) is 19.8 Å². The second kappa shape index (κ2) is 7.30. The Labute approximate surface area is 144 Å². The van der Waals surface area contributed by atoms with E-state index in [1.807, 2.05) is 18.2 Å². The van der Waals surface area contributed by atoms with E-state index in [-0.39, 0.29) is 17.5 Å². The lowest BCUT2D eigenvalue weighted by atomic mass is 10.0. The summed E-state index contributed by atoms with van der Waals surface area (Å²) in [5, 5.41) is 0.0793. The molecule has 0 unspecified atom stereocenters. The number of hydrogen-bond donors (Lipinski definition) is 0. The van der Waals surface area contributed by atoms with Crippen molar-refractivity contribution in [2.75, 3.05) is 31.8 Å². The van der Waals surface area contributed by atoms with Crippen LogP contribution in [-0.2, 0) is 20.9 Å². The standard InChI is InChI=1S/C18H17ClFNO3/c1-23-7-6-21-17-5-3-12(8-14(17)10-24-11-18(21)22)13-2-4-16(20)15(19)9-13/h2-5,8-9H,6-7,10-11H2,1H3. The minimum absolute atomic E-state index is 0.0378. The molecule has 0 N–H and O–H groups in total. The molecule has 0 aromatic heterocycles. The van der Waals surface area contributed by atoms with Crippen LogP contribution in [0.3, 0.4) is 0 Å². The summed E-state index contributed by atoms with van der Waals surface area (Å²) in [6.07, 6.45) is 0. The van der Waals surface area contributed by atoms with Crippen molar-refractivity contribution in [2.45, 2.75) is 6.61 Å². The van der Waals surface area contributed by atoms with Gasteiger partial charge in [-0.3, -0.25) is 4.79 Å².